The van der Waals surface area contributed by atoms with Gasteiger partial charge in [-0.25, -0.2) is 13.8 Å². The fourth-order valence-corrected chi connectivity index (χ4v) is 5.17. The van der Waals surface area contributed by atoms with Crippen molar-refractivity contribution < 1.29 is 17.9 Å². The highest BCUT2D eigenvalue weighted by Crippen LogP contribution is 2.23. The van der Waals surface area contributed by atoms with Gasteiger partial charge in [-0.05, 0) is 78.7 Å². The summed E-state index contributed by atoms with van der Waals surface area (Å²) in [6.07, 6.45) is 1.47. The molecule has 0 saturated heterocycles. The normalized spacial score (nSPS) is 11.3. The summed E-state index contributed by atoms with van der Waals surface area (Å²) in [5.41, 5.74) is 5.41. The number of nitrogens with zero attached hydrogens (tertiary/aromatic N) is 2. The summed E-state index contributed by atoms with van der Waals surface area (Å²) < 4.78 is 33.5. The highest BCUT2D eigenvalue weighted by molar-refractivity contribution is 7.92. The van der Waals surface area contributed by atoms with Crippen LogP contribution in [0.4, 0.5) is 5.69 Å². The second-order valence-corrected chi connectivity index (χ2v) is 10.7. The van der Waals surface area contributed by atoms with Crippen LogP contribution in [0.3, 0.4) is 0 Å². The van der Waals surface area contributed by atoms with E-state index in [1.165, 1.54) is 18.3 Å². The van der Waals surface area contributed by atoms with E-state index in [0.717, 1.165) is 21.0 Å². The Kier molecular flexibility index (Phi) is 8.78. The van der Waals surface area contributed by atoms with Gasteiger partial charge in [0.05, 0.1) is 16.8 Å². The summed E-state index contributed by atoms with van der Waals surface area (Å²) >= 11 is 6.00. The van der Waals surface area contributed by atoms with E-state index in [0.29, 0.717) is 23.1 Å². The van der Waals surface area contributed by atoms with Crippen LogP contribution in [0, 0.1) is 6.92 Å². The second kappa shape index (κ2) is 12.4. The Hall–Kier alpha value is -4.14. The maximum absolute atomic E-state index is 13.4. The molecule has 0 aliphatic heterocycles. The predicted octanol–water partition coefficient (Wildman–Crippen LogP) is 5.57. The molecular formula is C29H26ClN3O4S. The zero-order valence-corrected chi connectivity index (χ0v) is 22.2. The van der Waals surface area contributed by atoms with Crippen LogP contribution < -0.4 is 14.5 Å². The molecule has 0 atom stereocenters. The van der Waals surface area contributed by atoms with Gasteiger partial charge in [0.25, 0.3) is 15.9 Å². The number of carbonyl (C=O) groups excluding carboxylic acids is 1. The average Bonchev–Trinajstić information content (AvgIpc) is 2.92. The number of anilines is 1. The number of hydrogen-bond donors (Lipinski definition) is 1. The van der Waals surface area contributed by atoms with Crippen molar-refractivity contribution in [1.82, 2.24) is 5.43 Å². The molecule has 0 spiro atoms. The lowest BCUT2D eigenvalue weighted by Gasteiger charge is -2.23. The van der Waals surface area contributed by atoms with E-state index in [9.17, 15) is 13.2 Å². The highest BCUT2D eigenvalue weighted by atomic mass is 35.5. The number of aryl methyl sites for hydroxylation is 1. The van der Waals surface area contributed by atoms with Gasteiger partial charge < -0.3 is 4.74 Å². The number of nitrogens with one attached hydrogen (secondary N) is 1. The lowest BCUT2D eigenvalue weighted by molar-refractivity contribution is -0.119. The Balaban J connectivity index is 1.38. The van der Waals surface area contributed by atoms with Gasteiger partial charge in [-0.1, -0.05) is 59.6 Å². The first-order chi connectivity index (χ1) is 18.3. The number of halogens is 1. The van der Waals surface area contributed by atoms with Gasteiger partial charge >= 0.3 is 0 Å². The number of rotatable bonds is 10. The van der Waals surface area contributed by atoms with E-state index in [-0.39, 0.29) is 4.90 Å². The standard InChI is InChI=1S/C29H26ClN3O4S/c1-22-10-16-28(17-11-22)38(35,36)33(26-8-3-2-4-9-26)20-29(34)32-31-19-23-12-14-27(15-13-23)37-21-24-6-5-7-25(30)18-24/h2-19H,20-21H2,1H3,(H,32,34)/b31-19+. The van der Waals surface area contributed by atoms with E-state index >= 15 is 0 Å². The summed E-state index contributed by atoms with van der Waals surface area (Å²) in [7, 11) is -3.98. The predicted molar refractivity (Wildman–Crippen MR) is 150 cm³/mol. The lowest BCUT2D eigenvalue weighted by atomic mass is 10.2. The van der Waals surface area contributed by atoms with Gasteiger partial charge in [-0.3, -0.25) is 9.10 Å². The van der Waals surface area contributed by atoms with Crippen molar-refractivity contribution in [2.45, 2.75) is 18.4 Å². The summed E-state index contributed by atoms with van der Waals surface area (Å²) in [5, 5.41) is 4.64. The largest absolute Gasteiger partial charge is 0.489 e. The van der Waals surface area contributed by atoms with Crippen LogP contribution in [0.15, 0.2) is 113 Å². The molecule has 0 radical (unpaired) electrons. The van der Waals surface area contributed by atoms with E-state index < -0.39 is 22.5 Å². The van der Waals surface area contributed by atoms with Crippen molar-refractivity contribution in [1.29, 1.82) is 0 Å². The lowest BCUT2D eigenvalue weighted by Crippen LogP contribution is -2.39. The molecule has 4 rings (SSSR count). The summed E-state index contributed by atoms with van der Waals surface area (Å²) in [6.45, 7) is 1.82. The molecule has 194 valence electrons. The van der Waals surface area contributed by atoms with Gasteiger partial charge in [0.2, 0.25) is 0 Å². The number of hydrazone groups is 1. The maximum Gasteiger partial charge on any atom is 0.264 e. The summed E-state index contributed by atoms with van der Waals surface area (Å²) in [5.74, 6) is 0.0910. The number of ether oxygens (including phenoxy) is 1. The molecule has 0 saturated carbocycles. The zero-order valence-electron chi connectivity index (χ0n) is 20.6. The zero-order chi connectivity index (χ0) is 27.0. The molecule has 0 aliphatic rings. The number of sulfonamides is 1. The molecular weight excluding hydrogens is 522 g/mol. The molecule has 9 heteroatoms. The number of amides is 1. The first-order valence-electron chi connectivity index (χ1n) is 11.7. The molecule has 0 bridgehead atoms. The van der Waals surface area contributed by atoms with Crippen molar-refractivity contribution in [3.8, 4) is 5.75 Å². The van der Waals surface area contributed by atoms with Crippen molar-refractivity contribution in [3.63, 3.8) is 0 Å². The molecule has 1 amide bonds. The molecule has 4 aromatic rings. The van der Waals surface area contributed by atoms with Crippen LogP contribution in [0.1, 0.15) is 16.7 Å². The summed E-state index contributed by atoms with van der Waals surface area (Å²) in [4.78, 5) is 12.8. The second-order valence-electron chi connectivity index (χ2n) is 8.44. The third kappa shape index (κ3) is 7.21. The molecule has 7 nitrogen and oxygen atoms in total. The van der Waals surface area contributed by atoms with E-state index in [1.807, 2.05) is 25.1 Å². The monoisotopic (exact) mass is 547 g/mol. The number of para-hydroxylation sites is 1. The smallest absolute Gasteiger partial charge is 0.264 e. The summed E-state index contributed by atoms with van der Waals surface area (Å²) in [6, 6.07) is 29.6. The first kappa shape index (κ1) is 26.9. The molecule has 1 N–H and O–H groups in total. The first-order valence-corrected chi connectivity index (χ1v) is 13.6. The van der Waals surface area contributed by atoms with Gasteiger partial charge in [0.15, 0.2) is 0 Å². The highest BCUT2D eigenvalue weighted by Gasteiger charge is 2.27. The molecule has 0 fully saturated rings. The van der Waals surface area contributed by atoms with E-state index in [1.54, 1.807) is 72.8 Å². The third-order valence-electron chi connectivity index (χ3n) is 5.52. The molecule has 0 unspecified atom stereocenters. The molecule has 4 aromatic carbocycles. The van der Waals surface area contributed by atoms with E-state index in [2.05, 4.69) is 10.5 Å². The van der Waals surface area contributed by atoms with Gasteiger partial charge in [-0.2, -0.15) is 5.10 Å². The van der Waals surface area contributed by atoms with Crippen molar-refractivity contribution in [2.75, 3.05) is 10.8 Å². The minimum absolute atomic E-state index is 0.0981. The van der Waals surface area contributed by atoms with Crippen LogP contribution in [0.5, 0.6) is 5.75 Å². The van der Waals surface area contributed by atoms with Crippen LogP contribution in [0.2, 0.25) is 5.02 Å². The SMILES string of the molecule is Cc1ccc(S(=O)(=O)N(CC(=O)N/N=C/c2ccc(OCc3cccc(Cl)c3)cc2)c2ccccc2)cc1. The van der Waals surface area contributed by atoms with Crippen molar-refractivity contribution in [3.05, 3.63) is 125 Å². The third-order valence-corrected chi connectivity index (χ3v) is 7.54. The Morgan fingerprint density at radius 2 is 1.66 bits per heavy atom. The molecule has 0 aliphatic carbocycles. The molecule has 0 heterocycles. The van der Waals surface area contributed by atoms with E-state index in [4.69, 9.17) is 16.3 Å². The molecule has 38 heavy (non-hydrogen) atoms. The Bertz CT molecular complexity index is 1510. The topological polar surface area (TPSA) is 88.1 Å². The number of hydrogen-bond acceptors (Lipinski definition) is 5. The van der Waals surface area contributed by atoms with Crippen LogP contribution in [-0.4, -0.2) is 27.1 Å². The Morgan fingerprint density at radius 1 is 0.947 bits per heavy atom. The van der Waals surface area contributed by atoms with Gasteiger partial charge in [0.1, 0.15) is 18.9 Å². The van der Waals surface area contributed by atoms with Crippen molar-refractivity contribution >= 4 is 39.4 Å². The van der Waals surface area contributed by atoms with Gasteiger partial charge in [-0.15, -0.1) is 0 Å². The van der Waals surface area contributed by atoms with Crippen molar-refractivity contribution in [2.24, 2.45) is 5.10 Å². The maximum atomic E-state index is 13.4. The fourth-order valence-electron chi connectivity index (χ4n) is 3.53. The number of benzene rings is 4. The van der Waals surface area contributed by atoms with Crippen LogP contribution >= 0.6 is 11.6 Å². The minimum atomic E-state index is -3.98. The minimum Gasteiger partial charge on any atom is -0.489 e. The van der Waals surface area contributed by atoms with Crippen LogP contribution in [0.25, 0.3) is 0 Å². The van der Waals surface area contributed by atoms with Gasteiger partial charge in [0, 0.05) is 5.02 Å². The quantitative estimate of drug-likeness (QED) is 0.207. The van der Waals surface area contributed by atoms with Crippen LogP contribution in [-0.2, 0) is 21.4 Å². The average molecular weight is 548 g/mol. The number of carbonyl (C=O) groups is 1. The fraction of sp³-hybridized carbons (Fsp3) is 0.103. The molecule has 0 aromatic heterocycles. The Labute approximate surface area is 227 Å². The Morgan fingerprint density at radius 3 is 2.34 bits per heavy atom.